The first-order valence-corrected chi connectivity index (χ1v) is 9.99. The van der Waals surface area contributed by atoms with E-state index in [-0.39, 0.29) is 6.10 Å². The first-order valence-electron chi connectivity index (χ1n) is 9.99. The van der Waals surface area contributed by atoms with Crippen molar-refractivity contribution in [1.29, 1.82) is 0 Å². The highest BCUT2D eigenvalue weighted by Gasteiger charge is 2.57. The molecular weight excluding hydrogens is 352 g/mol. The molecule has 1 heterocycles. The molecule has 4 aromatic carbocycles. The number of hydrogen-bond donors (Lipinski definition) is 0. The fourth-order valence-electron chi connectivity index (χ4n) is 4.07. The summed E-state index contributed by atoms with van der Waals surface area (Å²) in [7, 11) is 0. The maximum absolute atomic E-state index is 6.47. The van der Waals surface area contributed by atoms with Gasteiger partial charge in [-0.2, -0.15) is 0 Å². The molecular formula is C28H22O. The topological polar surface area (TPSA) is 12.5 Å². The Morgan fingerprint density at radius 3 is 1.34 bits per heavy atom. The third kappa shape index (κ3) is 3.30. The van der Waals surface area contributed by atoms with E-state index >= 15 is 0 Å². The molecule has 0 radical (unpaired) electrons. The van der Waals surface area contributed by atoms with E-state index in [2.05, 4.69) is 127 Å². The summed E-state index contributed by atoms with van der Waals surface area (Å²) in [5.41, 5.74) is 5.54. The van der Waals surface area contributed by atoms with Gasteiger partial charge in [-0.15, -0.1) is 0 Å². The maximum atomic E-state index is 6.47. The molecule has 5 rings (SSSR count). The summed E-state index contributed by atoms with van der Waals surface area (Å²) in [5, 5.41) is 0. The van der Waals surface area contributed by atoms with Crippen LogP contribution in [0, 0.1) is 0 Å². The molecule has 0 saturated carbocycles. The van der Waals surface area contributed by atoms with Crippen molar-refractivity contribution in [2.75, 3.05) is 0 Å². The number of ether oxygens (including phenoxy) is 1. The molecule has 1 nitrogen and oxygen atoms in total. The van der Waals surface area contributed by atoms with Gasteiger partial charge in [0.1, 0.15) is 11.7 Å². The zero-order chi connectivity index (χ0) is 19.5. The molecule has 29 heavy (non-hydrogen) atoms. The Labute approximate surface area is 171 Å². The molecule has 140 valence electrons. The predicted molar refractivity (Wildman–Crippen MR) is 119 cm³/mol. The Hall–Kier alpha value is -3.42. The van der Waals surface area contributed by atoms with Gasteiger partial charge in [-0.05, 0) is 33.9 Å². The highest BCUT2D eigenvalue weighted by atomic mass is 16.6. The first-order chi connectivity index (χ1) is 14.4. The summed E-state index contributed by atoms with van der Waals surface area (Å²) >= 11 is 0. The number of epoxide rings is 1. The second kappa shape index (κ2) is 7.54. The van der Waals surface area contributed by atoms with Gasteiger partial charge in [0.25, 0.3) is 0 Å². The molecule has 0 aliphatic carbocycles. The zero-order valence-corrected chi connectivity index (χ0v) is 16.1. The van der Waals surface area contributed by atoms with Gasteiger partial charge in [-0.25, -0.2) is 0 Å². The maximum Gasteiger partial charge on any atom is 0.149 e. The normalized spacial score (nSPS) is 16.8. The minimum atomic E-state index is -0.433. The molecule has 0 amide bonds. The highest BCUT2D eigenvalue weighted by Crippen LogP contribution is 2.53. The molecule has 1 aliphatic rings. The molecule has 0 bridgehead atoms. The number of rotatable bonds is 5. The summed E-state index contributed by atoms with van der Waals surface area (Å²) in [4.78, 5) is 0. The van der Waals surface area contributed by atoms with Crippen LogP contribution < -0.4 is 0 Å². The molecule has 1 saturated heterocycles. The summed E-state index contributed by atoms with van der Waals surface area (Å²) in [6.07, 6.45) is 2.26. The van der Waals surface area contributed by atoms with Gasteiger partial charge in [-0.3, -0.25) is 0 Å². The minimum Gasteiger partial charge on any atom is -0.351 e. The van der Waals surface area contributed by atoms with Crippen LogP contribution in [-0.2, 0) is 10.3 Å². The van der Waals surface area contributed by atoms with E-state index in [0.717, 1.165) is 0 Å². The Morgan fingerprint density at radius 1 is 0.552 bits per heavy atom. The molecule has 1 unspecified atom stereocenters. The van der Waals surface area contributed by atoms with Crippen molar-refractivity contribution in [3.63, 3.8) is 0 Å². The Kier molecular flexibility index (Phi) is 4.59. The molecule has 1 heteroatoms. The largest absolute Gasteiger partial charge is 0.351 e. The van der Waals surface area contributed by atoms with Gasteiger partial charge in [0.15, 0.2) is 0 Å². The van der Waals surface area contributed by atoms with E-state index in [1.165, 1.54) is 27.8 Å². The van der Waals surface area contributed by atoms with Gasteiger partial charge in [0, 0.05) is 0 Å². The quantitative estimate of drug-likeness (QED) is 0.365. The van der Waals surface area contributed by atoms with Gasteiger partial charge < -0.3 is 4.74 Å². The fourth-order valence-corrected chi connectivity index (χ4v) is 4.07. The smallest absolute Gasteiger partial charge is 0.149 e. The van der Waals surface area contributed by atoms with Crippen LogP contribution in [0.15, 0.2) is 127 Å². The van der Waals surface area contributed by atoms with Crippen LogP contribution in [0.3, 0.4) is 0 Å². The highest BCUT2D eigenvalue weighted by molar-refractivity contribution is 5.80. The van der Waals surface area contributed by atoms with Crippen LogP contribution in [0.25, 0.3) is 5.57 Å². The Morgan fingerprint density at radius 2 is 0.931 bits per heavy atom. The van der Waals surface area contributed by atoms with Crippen molar-refractivity contribution in [3.05, 3.63) is 150 Å². The lowest BCUT2D eigenvalue weighted by molar-refractivity contribution is 0.338. The van der Waals surface area contributed by atoms with Crippen LogP contribution in [0.2, 0.25) is 0 Å². The van der Waals surface area contributed by atoms with E-state index in [0.29, 0.717) is 0 Å². The average molecular weight is 374 g/mol. The predicted octanol–water partition coefficient (Wildman–Crippen LogP) is 6.46. The van der Waals surface area contributed by atoms with Gasteiger partial charge in [-0.1, -0.05) is 121 Å². The van der Waals surface area contributed by atoms with Crippen LogP contribution in [0.4, 0.5) is 0 Å². The van der Waals surface area contributed by atoms with E-state index in [4.69, 9.17) is 4.74 Å². The van der Waals surface area contributed by atoms with E-state index in [1.807, 2.05) is 0 Å². The second-order valence-corrected chi connectivity index (χ2v) is 7.32. The summed E-state index contributed by atoms with van der Waals surface area (Å²) in [6.45, 7) is 0. The molecule has 1 atom stereocenters. The van der Waals surface area contributed by atoms with Crippen molar-refractivity contribution in [2.45, 2.75) is 11.7 Å². The standard InChI is InChI=1S/C28H22O/c1-5-13-22(14-6-1)26(23-15-7-2-8-16-23)21-27-28(29-27,24-17-9-3-10-18-24)25-19-11-4-12-20-25/h1-21,27H. The summed E-state index contributed by atoms with van der Waals surface area (Å²) in [5.74, 6) is 0. The van der Waals surface area contributed by atoms with Gasteiger partial charge in [0.05, 0.1) is 0 Å². The molecule has 4 aromatic rings. The summed E-state index contributed by atoms with van der Waals surface area (Å²) in [6, 6.07) is 42.1. The molecule has 0 spiro atoms. The SMILES string of the molecule is C(=C(c1ccccc1)c1ccccc1)C1OC1(c1ccccc1)c1ccccc1. The second-order valence-electron chi connectivity index (χ2n) is 7.32. The monoisotopic (exact) mass is 374 g/mol. The lowest BCUT2D eigenvalue weighted by Gasteiger charge is -2.14. The minimum absolute atomic E-state index is 0.0253. The molecule has 1 aliphatic heterocycles. The molecule has 0 N–H and O–H groups in total. The van der Waals surface area contributed by atoms with E-state index in [9.17, 15) is 0 Å². The van der Waals surface area contributed by atoms with Crippen molar-refractivity contribution < 1.29 is 4.74 Å². The van der Waals surface area contributed by atoms with Crippen LogP contribution in [-0.4, -0.2) is 6.10 Å². The average Bonchev–Trinajstić information content (AvgIpc) is 3.55. The zero-order valence-electron chi connectivity index (χ0n) is 16.1. The Bertz CT molecular complexity index is 1020. The number of hydrogen-bond acceptors (Lipinski definition) is 1. The van der Waals surface area contributed by atoms with Gasteiger partial charge in [0.2, 0.25) is 0 Å². The lowest BCUT2D eigenvalue weighted by Crippen LogP contribution is -2.14. The van der Waals surface area contributed by atoms with Crippen molar-refractivity contribution in [1.82, 2.24) is 0 Å². The van der Waals surface area contributed by atoms with Crippen LogP contribution in [0.1, 0.15) is 22.3 Å². The third-order valence-corrected chi connectivity index (χ3v) is 5.55. The van der Waals surface area contributed by atoms with Crippen LogP contribution in [0.5, 0.6) is 0 Å². The van der Waals surface area contributed by atoms with E-state index < -0.39 is 5.60 Å². The van der Waals surface area contributed by atoms with Crippen LogP contribution >= 0.6 is 0 Å². The Balaban J connectivity index is 1.63. The van der Waals surface area contributed by atoms with E-state index in [1.54, 1.807) is 0 Å². The molecule has 1 fully saturated rings. The summed E-state index contributed by atoms with van der Waals surface area (Å²) < 4.78 is 6.47. The van der Waals surface area contributed by atoms with Crippen molar-refractivity contribution in [3.8, 4) is 0 Å². The third-order valence-electron chi connectivity index (χ3n) is 5.55. The first kappa shape index (κ1) is 17.7. The van der Waals surface area contributed by atoms with Crippen molar-refractivity contribution >= 4 is 5.57 Å². The molecule has 0 aromatic heterocycles. The lowest BCUT2D eigenvalue weighted by atomic mass is 9.86. The van der Waals surface area contributed by atoms with Crippen molar-refractivity contribution in [2.24, 2.45) is 0 Å². The van der Waals surface area contributed by atoms with Gasteiger partial charge >= 0.3 is 0 Å². The number of benzene rings is 4. The fraction of sp³-hybridized carbons (Fsp3) is 0.0714.